The zero-order chi connectivity index (χ0) is 19.7. The van der Waals surface area contributed by atoms with Gasteiger partial charge in [0, 0.05) is 12.1 Å². The number of carbonyl (C=O) groups excluding carboxylic acids is 1. The van der Waals surface area contributed by atoms with Gasteiger partial charge in [0.05, 0.1) is 19.3 Å². The third-order valence-corrected chi connectivity index (χ3v) is 5.42. The molecule has 1 aromatic heterocycles. The molecule has 1 unspecified atom stereocenters. The van der Waals surface area contributed by atoms with Crippen molar-refractivity contribution in [2.24, 2.45) is 5.92 Å². The van der Waals surface area contributed by atoms with Crippen molar-refractivity contribution in [3.63, 3.8) is 0 Å². The predicted octanol–water partition coefficient (Wildman–Crippen LogP) is 3.15. The lowest BCUT2D eigenvalue weighted by atomic mass is 9.95. The minimum absolute atomic E-state index is 0.141. The summed E-state index contributed by atoms with van der Waals surface area (Å²) >= 11 is 0. The number of aryl methyl sites for hydroxylation is 2. The number of rotatable bonds is 4. The Morgan fingerprint density at radius 2 is 1.86 bits per heavy atom. The van der Waals surface area contributed by atoms with Crippen LogP contribution in [0, 0.1) is 5.92 Å². The fraction of sp³-hybridized carbons (Fsp3) is 0.455. The van der Waals surface area contributed by atoms with E-state index in [-0.39, 0.29) is 29.0 Å². The van der Waals surface area contributed by atoms with E-state index in [1.807, 2.05) is 32.0 Å². The molecule has 0 fully saturated rings. The molecule has 1 aromatic carbocycles. The van der Waals surface area contributed by atoms with E-state index in [2.05, 4.69) is 10.3 Å². The molecule has 4 rings (SSSR count). The Hall–Kier alpha value is -2.76. The Morgan fingerprint density at radius 3 is 2.64 bits per heavy atom. The number of pyridine rings is 1. The lowest BCUT2D eigenvalue weighted by molar-refractivity contribution is 0.0924. The number of nitrogens with one attached hydrogen (secondary N) is 2. The molecule has 0 radical (unpaired) electrons. The summed E-state index contributed by atoms with van der Waals surface area (Å²) < 4.78 is 11.5. The molecule has 148 valence electrons. The summed E-state index contributed by atoms with van der Waals surface area (Å²) in [5.74, 6) is 1.22. The molecule has 6 heteroatoms. The summed E-state index contributed by atoms with van der Waals surface area (Å²) in [5.41, 5.74) is 2.83. The van der Waals surface area contributed by atoms with Gasteiger partial charge in [-0.2, -0.15) is 0 Å². The number of aromatic amines is 1. The molecule has 6 nitrogen and oxygen atoms in total. The number of hydrogen-bond acceptors (Lipinski definition) is 4. The summed E-state index contributed by atoms with van der Waals surface area (Å²) in [4.78, 5) is 28.2. The second-order valence-electron chi connectivity index (χ2n) is 7.82. The average molecular weight is 382 g/mol. The Bertz CT molecular complexity index is 948. The lowest BCUT2D eigenvalue weighted by Gasteiger charge is -2.24. The van der Waals surface area contributed by atoms with Crippen molar-refractivity contribution in [3.8, 4) is 11.5 Å². The van der Waals surface area contributed by atoms with Gasteiger partial charge in [-0.3, -0.25) is 9.59 Å². The van der Waals surface area contributed by atoms with Crippen molar-refractivity contribution in [3.05, 3.63) is 57.0 Å². The van der Waals surface area contributed by atoms with E-state index in [0.717, 1.165) is 48.3 Å². The second-order valence-corrected chi connectivity index (χ2v) is 7.82. The minimum atomic E-state index is -0.346. The van der Waals surface area contributed by atoms with Crippen LogP contribution in [0.4, 0.5) is 0 Å². The Kier molecular flexibility index (Phi) is 5.11. The van der Waals surface area contributed by atoms with Gasteiger partial charge < -0.3 is 19.8 Å². The second kappa shape index (κ2) is 7.70. The van der Waals surface area contributed by atoms with Gasteiger partial charge in [-0.15, -0.1) is 0 Å². The molecule has 0 saturated carbocycles. The first-order valence-electron chi connectivity index (χ1n) is 9.98. The van der Waals surface area contributed by atoms with E-state index in [1.54, 1.807) is 6.07 Å². The van der Waals surface area contributed by atoms with Gasteiger partial charge in [0.25, 0.3) is 11.5 Å². The topological polar surface area (TPSA) is 80.4 Å². The zero-order valence-electron chi connectivity index (χ0n) is 16.3. The van der Waals surface area contributed by atoms with Gasteiger partial charge in [-0.25, -0.2) is 0 Å². The van der Waals surface area contributed by atoms with Crippen LogP contribution in [-0.2, 0) is 12.8 Å². The largest absolute Gasteiger partial charge is 0.490 e. The maximum atomic E-state index is 12.9. The minimum Gasteiger partial charge on any atom is -0.490 e. The van der Waals surface area contributed by atoms with Crippen LogP contribution in [0.15, 0.2) is 29.1 Å². The van der Waals surface area contributed by atoms with Crippen LogP contribution >= 0.6 is 0 Å². The molecule has 2 aliphatic rings. The van der Waals surface area contributed by atoms with Gasteiger partial charge in [0.1, 0.15) is 5.56 Å². The zero-order valence-corrected chi connectivity index (χ0v) is 16.3. The maximum absolute atomic E-state index is 12.9. The number of fused-ring (bicyclic) bond motifs is 2. The highest BCUT2D eigenvalue weighted by molar-refractivity contribution is 5.94. The summed E-state index contributed by atoms with van der Waals surface area (Å²) in [7, 11) is 0. The smallest absolute Gasteiger partial charge is 0.261 e. The van der Waals surface area contributed by atoms with Crippen molar-refractivity contribution in [2.45, 2.75) is 45.6 Å². The molecule has 0 bridgehead atoms. The van der Waals surface area contributed by atoms with Crippen molar-refractivity contribution < 1.29 is 14.3 Å². The highest BCUT2D eigenvalue weighted by Crippen LogP contribution is 2.34. The third kappa shape index (κ3) is 3.63. The Labute approximate surface area is 164 Å². The van der Waals surface area contributed by atoms with Crippen LogP contribution in [0.5, 0.6) is 11.5 Å². The number of aromatic nitrogens is 1. The normalized spacial score (nSPS) is 16.4. The van der Waals surface area contributed by atoms with Crippen LogP contribution in [0.25, 0.3) is 0 Å². The van der Waals surface area contributed by atoms with Gasteiger partial charge in [-0.1, -0.05) is 19.9 Å². The first-order chi connectivity index (χ1) is 13.5. The highest BCUT2D eigenvalue weighted by atomic mass is 16.5. The molecule has 2 N–H and O–H groups in total. The number of carbonyl (C=O) groups is 1. The van der Waals surface area contributed by atoms with E-state index in [4.69, 9.17) is 9.47 Å². The van der Waals surface area contributed by atoms with Crippen LogP contribution < -0.4 is 20.3 Å². The molecule has 28 heavy (non-hydrogen) atoms. The van der Waals surface area contributed by atoms with Gasteiger partial charge in [0.2, 0.25) is 0 Å². The molecular formula is C22H26N2O4. The summed E-state index contributed by atoms with van der Waals surface area (Å²) in [6, 6.07) is 7.28. The number of hydrogen-bond donors (Lipinski definition) is 2. The molecular weight excluding hydrogens is 356 g/mol. The van der Waals surface area contributed by atoms with Crippen molar-refractivity contribution in [1.82, 2.24) is 10.3 Å². The SMILES string of the molecule is CC(C)C(NC(=O)c1cc2c([nH]c1=O)CCC2)c1ccc2c(c1)OCCCO2. The molecule has 2 heterocycles. The van der Waals surface area contributed by atoms with Crippen LogP contribution in [0.1, 0.15) is 59.9 Å². The fourth-order valence-corrected chi connectivity index (χ4v) is 3.91. The highest BCUT2D eigenvalue weighted by Gasteiger charge is 2.24. The summed E-state index contributed by atoms with van der Waals surface area (Å²) in [5, 5.41) is 3.05. The number of amides is 1. The molecule has 1 aliphatic carbocycles. The van der Waals surface area contributed by atoms with E-state index in [1.165, 1.54) is 0 Å². The fourth-order valence-electron chi connectivity index (χ4n) is 3.91. The maximum Gasteiger partial charge on any atom is 0.261 e. The third-order valence-electron chi connectivity index (χ3n) is 5.42. The molecule has 2 aromatic rings. The lowest BCUT2D eigenvalue weighted by Crippen LogP contribution is -2.35. The number of benzene rings is 1. The number of H-pyrrole nitrogens is 1. The first-order valence-corrected chi connectivity index (χ1v) is 9.98. The number of ether oxygens (including phenoxy) is 2. The van der Waals surface area contributed by atoms with Crippen molar-refractivity contribution in [1.29, 1.82) is 0 Å². The van der Waals surface area contributed by atoms with Crippen molar-refractivity contribution >= 4 is 5.91 Å². The van der Waals surface area contributed by atoms with E-state index < -0.39 is 0 Å². The predicted molar refractivity (Wildman–Crippen MR) is 106 cm³/mol. The van der Waals surface area contributed by atoms with E-state index >= 15 is 0 Å². The first kappa shape index (κ1) is 18.6. The average Bonchev–Trinajstić information content (AvgIpc) is 2.99. The summed E-state index contributed by atoms with van der Waals surface area (Å²) in [6.45, 7) is 5.33. The standard InChI is InChI=1S/C22H26N2O4/c1-13(2)20(15-7-8-18-19(12-15)28-10-4-9-27-18)24-22(26)16-11-14-5-3-6-17(14)23-21(16)25/h7-8,11-13,20H,3-6,9-10H2,1-2H3,(H,23,25)(H,24,26). The van der Waals surface area contributed by atoms with Crippen LogP contribution in [-0.4, -0.2) is 24.1 Å². The molecule has 1 amide bonds. The van der Waals surface area contributed by atoms with E-state index in [0.29, 0.717) is 19.0 Å². The van der Waals surface area contributed by atoms with Gasteiger partial charge in [0.15, 0.2) is 11.5 Å². The Balaban J connectivity index is 1.60. The van der Waals surface area contributed by atoms with Crippen molar-refractivity contribution in [2.75, 3.05) is 13.2 Å². The van der Waals surface area contributed by atoms with Crippen LogP contribution in [0.3, 0.4) is 0 Å². The van der Waals surface area contributed by atoms with Gasteiger partial charge in [-0.05, 0) is 54.5 Å². The quantitative estimate of drug-likeness (QED) is 0.851. The molecule has 0 spiro atoms. The van der Waals surface area contributed by atoms with Gasteiger partial charge >= 0.3 is 0 Å². The van der Waals surface area contributed by atoms with E-state index in [9.17, 15) is 9.59 Å². The summed E-state index contributed by atoms with van der Waals surface area (Å²) in [6.07, 6.45) is 3.64. The molecule has 1 aliphatic heterocycles. The van der Waals surface area contributed by atoms with Crippen LogP contribution in [0.2, 0.25) is 0 Å². The Morgan fingerprint density at radius 1 is 1.07 bits per heavy atom. The monoisotopic (exact) mass is 382 g/mol. The molecule has 1 atom stereocenters. The molecule has 0 saturated heterocycles.